The van der Waals surface area contributed by atoms with Gasteiger partial charge in [-0.15, -0.1) is 0 Å². The Balaban J connectivity index is 1.59. The summed E-state index contributed by atoms with van der Waals surface area (Å²) in [5, 5.41) is 3.22. The van der Waals surface area contributed by atoms with E-state index in [-0.39, 0.29) is 17.5 Å². The molecule has 0 saturated heterocycles. The third-order valence-electron chi connectivity index (χ3n) is 4.41. The number of alkyl halides is 2. The van der Waals surface area contributed by atoms with Gasteiger partial charge in [0.1, 0.15) is 5.75 Å². The molecule has 0 aromatic heterocycles. The SMILES string of the molecule is COc1ccc(CCN=C(N)NC2CCOc3ccccc32)cc1OC(F)F. The van der Waals surface area contributed by atoms with Crippen molar-refractivity contribution in [1.29, 1.82) is 0 Å². The minimum absolute atomic E-state index is 0.00360. The molecule has 0 amide bonds. The summed E-state index contributed by atoms with van der Waals surface area (Å²) < 4.78 is 40.2. The van der Waals surface area contributed by atoms with Crippen molar-refractivity contribution in [3.63, 3.8) is 0 Å². The third-order valence-corrected chi connectivity index (χ3v) is 4.41. The van der Waals surface area contributed by atoms with Crippen LogP contribution in [-0.4, -0.2) is 32.8 Å². The highest BCUT2D eigenvalue weighted by atomic mass is 19.3. The average molecular weight is 391 g/mol. The minimum atomic E-state index is -2.91. The van der Waals surface area contributed by atoms with Crippen molar-refractivity contribution >= 4 is 5.96 Å². The number of nitrogens with zero attached hydrogens (tertiary/aromatic N) is 1. The molecule has 1 unspecified atom stereocenters. The Morgan fingerprint density at radius 1 is 1.29 bits per heavy atom. The van der Waals surface area contributed by atoms with Crippen molar-refractivity contribution in [2.45, 2.75) is 25.5 Å². The van der Waals surface area contributed by atoms with Crippen molar-refractivity contribution in [2.75, 3.05) is 20.3 Å². The Labute approximate surface area is 162 Å². The summed E-state index contributed by atoms with van der Waals surface area (Å²) in [5.74, 6) is 1.44. The van der Waals surface area contributed by atoms with E-state index in [1.54, 1.807) is 12.1 Å². The van der Waals surface area contributed by atoms with Gasteiger partial charge in [0.2, 0.25) is 0 Å². The number of methoxy groups -OCH3 is 1. The zero-order valence-electron chi connectivity index (χ0n) is 15.5. The molecule has 0 aliphatic carbocycles. The van der Waals surface area contributed by atoms with Gasteiger partial charge in [-0.05, 0) is 30.2 Å². The molecule has 2 aromatic rings. The fourth-order valence-electron chi connectivity index (χ4n) is 3.09. The van der Waals surface area contributed by atoms with Crippen LogP contribution in [0, 0.1) is 0 Å². The van der Waals surface area contributed by atoms with Crippen LogP contribution < -0.4 is 25.3 Å². The van der Waals surface area contributed by atoms with Crippen LogP contribution in [0.4, 0.5) is 8.78 Å². The Morgan fingerprint density at radius 2 is 2.11 bits per heavy atom. The van der Waals surface area contributed by atoms with Crippen LogP contribution in [-0.2, 0) is 6.42 Å². The monoisotopic (exact) mass is 391 g/mol. The van der Waals surface area contributed by atoms with Crippen molar-refractivity contribution in [1.82, 2.24) is 5.32 Å². The van der Waals surface area contributed by atoms with Crippen molar-refractivity contribution in [3.05, 3.63) is 53.6 Å². The summed E-state index contributed by atoms with van der Waals surface area (Å²) in [6.45, 7) is -1.89. The molecular formula is C20H23F2N3O3. The summed E-state index contributed by atoms with van der Waals surface area (Å²) >= 11 is 0. The number of halogens is 2. The lowest BCUT2D eigenvalue weighted by Crippen LogP contribution is -2.37. The van der Waals surface area contributed by atoms with E-state index in [9.17, 15) is 8.78 Å². The first-order valence-electron chi connectivity index (χ1n) is 8.96. The molecule has 3 N–H and O–H groups in total. The van der Waals surface area contributed by atoms with Crippen LogP contribution in [0.1, 0.15) is 23.6 Å². The lowest BCUT2D eigenvalue weighted by atomic mass is 10.0. The Hall–Kier alpha value is -3.03. The summed E-state index contributed by atoms with van der Waals surface area (Å²) in [4.78, 5) is 4.34. The molecule has 1 atom stereocenters. The summed E-state index contributed by atoms with van der Waals surface area (Å²) in [6.07, 6.45) is 1.32. The quantitative estimate of drug-likeness (QED) is 0.560. The van der Waals surface area contributed by atoms with Gasteiger partial charge in [0.05, 0.1) is 19.8 Å². The third kappa shape index (κ3) is 5.03. The molecule has 1 aliphatic rings. The molecule has 0 saturated carbocycles. The van der Waals surface area contributed by atoms with Crippen molar-refractivity contribution in [2.24, 2.45) is 10.7 Å². The number of aliphatic imine (C=N–C) groups is 1. The fraction of sp³-hybridized carbons (Fsp3) is 0.350. The number of guanidine groups is 1. The largest absolute Gasteiger partial charge is 0.493 e. The molecule has 0 radical (unpaired) electrons. The van der Waals surface area contributed by atoms with E-state index < -0.39 is 6.61 Å². The zero-order valence-corrected chi connectivity index (χ0v) is 15.5. The Bertz CT molecular complexity index is 830. The van der Waals surface area contributed by atoms with Gasteiger partial charge in [-0.25, -0.2) is 0 Å². The first-order valence-corrected chi connectivity index (χ1v) is 8.96. The van der Waals surface area contributed by atoms with Crippen LogP contribution in [0.5, 0.6) is 17.2 Å². The summed E-state index contributed by atoms with van der Waals surface area (Å²) in [5.41, 5.74) is 7.87. The number of hydrogen-bond donors (Lipinski definition) is 2. The van der Waals surface area contributed by atoms with Crippen LogP contribution in [0.25, 0.3) is 0 Å². The summed E-state index contributed by atoms with van der Waals surface area (Å²) in [6, 6.07) is 12.8. The molecule has 3 rings (SSSR count). The smallest absolute Gasteiger partial charge is 0.387 e. The van der Waals surface area contributed by atoms with Gasteiger partial charge < -0.3 is 25.3 Å². The van der Waals surface area contributed by atoms with Gasteiger partial charge in [0.15, 0.2) is 17.5 Å². The van der Waals surface area contributed by atoms with E-state index in [2.05, 4.69) is 15.0 Å². The second-order valence-electron chi connectivity index (χ2n) is 6.25. The second kappa shape index (κ2) is 9.25. The maximum atomic E-state index is 12.5. The van der Waals surface area contributed by atoms with E-state index in [1.165, 1.54) is 13.2 Å². The van der Waals surface area contributed by atoms with Gasteiger partial charge in [-0.3, -0.25) is 4.99 Å². The van der Waals surface area contributed by atoms with Gasteiger partial charge in [-0.2, -0.15) is 8.78 Å². The summed E-state index contributed by atoms with van der Waals surface area (Å²) in [7, 11) is 1.40. The molecule has 0 spiro atoms. The molecular weight excluding hydrogens is 368 g/mol. The average Bonchev–Trinajstić information content (AvgIpc) is 2.68. The lowest BCUT2D eigenvalue weighted by molar-refractivity contribution is -0.0512. The standard InChI is InChI=1S/C20H23F2N3O3/c1-26-17-7-6-13(12-18(17)28-19(21)22)8-10-24-20(23)25-15-9-11-27-16-5-3-2-4-14(15)16/h2-7,12,15,19H,8-11H2,1H3,(H3,23,24,25). The lowest BCUT2D eigenvalue weighted by Gasteiger charge is -2.26. The van der Waals surface area contributed by atoms with E-state index >= 15 is 0 Å². The number of fused-ring (bicyclic) bond motifs is 1. The van der Waals surface area contributed by atoms with E-state index in [1.807, 2.05) is 24.3 Å². The highest BCUT2D eigenvalue weighted by Crippen LogP contribution is 2.31. The van der Waals surface area contributed by atoms with Gasteiger partial charge in [-0.1, -0.05) is 24.3 Å². The van der Waals surface area contributed by atoms with Crippen LogP contribution in [0.2, 0.25) is 0 Å². The molecule has 6 nitrogen and oxygen atoms in total. The molecule has 150 valence electrons. The fourth-order valence-corrected chi connectivity index (χ4v) is 3.09. The molecule has 1 aliphatic heterocycles. The van der Waals surface area contributed by atoms with Crippen molar-refractivity contribution in [3.8, 4) is 17.2 Å². The van der Waals surface area contributed by atoms with Crippen LogP contribution >= 0.6 is 0 Å². The number of para-hydroxylation sites is 1. The molecule has 28 heavy (non-hydrogen) atoms. The minimum Gasteiger partial charge on any atom is -0.493 e. The van der Waals surface area contributed by atoms with Crippen LogP contribution in [0.3, 0.4) is 0 Å². The van der Waals surface area contributed by atoms with Gasteiger partial charge in [0, 0.05) is 18.5 Å². The number of nitrogens with one attached hydrogen (secondary N) is 1. The zero-order chi connectivity index (χ0) is 19.9. The predicted octanol–water partition coefficient (Wildman–Crippen LogP) is 3.27. The normalized spacial score (nSPS) is 16.3. The van der Waals surface area contributed by atoms with E-state index in [0.717, 1.165) is 23.3 Å². The topological polar surface area (TPSA) is 78.1 Å². The molecule has 8 heteroatoms. The van der Waals surface area contributed by atoms with E-state index in [4.69, 9.17) is 15.2 Å². The maximum absolute atomic E-state index is 12.5. The van der Waals surface area contributed by atoms with Gasteiger partial charge >= 0.3 is 6.61 Å². The highest BCUT2D eigenvalue weighted by molar-refractivity contribution is 5.78. The van der Waals surface area contributed by atoms with Crippen molar-refractivity contribution < 1.29 is 23.0 Å². The second-order valence-corrected chi connectivity index (χ2v) is 6.25. The Kier molecular flexibility index (Phi) is 6.52. The molecule has 2 aromatic carbocycles. The first-order chi connectivity index (χ1) is 13.6. The number of rotatable bonds is 7. The number of ether oxygens (including phenoxy) is 3. The molecule has 0 bridgehead atoms. The number of hydrogen-bond acceptors (Lipinski definition) is 4. The highest BCUT2D eigenvalue weighted by Gasteiger charge is 2.21. The van der Waals surface area contributed by atoms with Crippen LogP contribution in [0.15, 0.2) is 47.5 Å². The molecule has 1 heterocycles. The number of benzene rings is 2. The van der Waals surface area contributed by atoms with E-state index in [0.29, 0.717) is 25.5 Å². The number of nitrogens with two attached hydrogens (primary N) is 1. The Morgan fingerprint density at radius 3 is 2.89 bits per heavy atom. The first kappa shape index (κ1) is 19.7. The van der Waals surface area contributed by atoms with Gasteiger partial charge in [0.25, 0.3) is 0 Å². The maximum Gasteiger partial charge on any atom is 0.387 e. The predicted molar refractivity (Wildman–Crippen MR) is 102 cm³/mol. The molecule has 0 fully saturated rings.